The van der Waals surface area contributed by atoms with Gasteiger partial charge in [0.25, 0.3) is 0 Å². The molecule has 0 spiro atoms. The number of ether oxygens (including phenoxy) is 1. The SMILES string of the molecule is C[Si](C)(C)OC(=O)[C@@H]1C[C@@H](OC(=O)C(F)(F)F)CN1C(=O)C(F)(F)F. The molecule has 0 aromatic rings. The molecular weight excluding hydrogens is 380 g/mol. The van der Waals surface area contributed by atoms with Crippen LogP contribution in [0.2, 0.25) is 19.6 Å². The topological polar surface area (TPSA) is 72.9 Å². The van der Waals surface area contributed by atoms with Gasteiger partial charge in [0.1, 0.15) is 12.1 Å². The summed E-state index contributed by atoms with van der Waals surface area (Å²) in [4.78, 5) is 34.3. The van der Waals surface area contributed by atoms with Crippen molar-refractivity contribution in [3.8, 4) is 0 Å². The molecule has 1 aliphatic rings. The van der Waals surface area contributed by atoms with E-state index in [4.69, 9.17) is 4.43 Å². The molecule has 0 aliphatic carbocycles. The number of rotatable bonds is 3. The van der Waals surface area contributed by atoms with Gasteiger partial charge in [-0.2, -0.15) is 26.3 Å². The number of halogens is 6. The molecule has 0 unspecified atom stereocenters. The highest BCUT2D eigenvalue weighted by Gasteiger charge is 2.53. The van der Waals surface area contributed by atoms with E-state index in [1.54, 1.807) is 19.6 Å². The molecule has 6 nitrogen and oxygen atoms in total. The Morgan fingerprint density at radius 2 is 1.52 bits per heavy atom. The van der Waals surface area contributed by atoms with Gasteiger partial charge in [-0.1, -0.05) is 0 Å². The number of carbonyl (C=O) groups is 3. The Morgan fingerprint density at radius 1 is 1.00 bits per heavy atom. The van der Waals surface area contributed by atoms with Gasteiger partial charge in [0.15, 0.2) is 0 Å². The minimum absolute atomic E-state index is 0.0246. The first-order chi connectivity index (χ1) is 11.0. The molecular formula is C12H15F6NO5Si. The van der Waals surface area contributed by atoms with Crippen LogP contribution in [0.1, 0.15) is 6.42 Å². The fourth-order valence-corrected chi connectivity index (χ4v) is 2.82. The monoisotopic (exact) mass is 395 g/mol. The van der Waals surface area contributed by atoms with Crippen molar-refractivity contribution in [1.29, 1.82) is 0 Å². The fourth-order valence-electron chi connectivity index (χ4n) is 2.08. The fraction of sp³-hybridized carbons (Fsp3) is 0.750. The van der Waals surface area contributed by atoms with E-state index >= 15 is 0 Å². The third-order valence-corrected chi connectivity index (χ3v) is 3.76. The molecule has 2 atom stereocenters. The smallest absolute Gasteiger partial charge is 0.490 e. The largest absolute Gasteiger partial charge is 0.518 e. The Labute approximate surface area is 139 Å². The normalized spacial score (nSPS) is 21.9. The second-order valence-electron chi connectivity index (χ2n) is 6.27. The Bertz CT molecular complexity index is 556. The summed E-state index contributed by atoms with van der Waals surface area (Å²) in [6, 6.07) is -1.79. The van der Waals surface area contributed by atoms with E-state index in [1.165, 1.54) is 0 Å². The molecule has 1 rings (SSSR count). The van der Waals surface area contributed by atoms with Crippen LogP contribution >= 0.6 is 0 Å². The quantitative estimate of drug-likeness (QED) is 0.415. The molecule has 25 heavy (non-hydrogen) atoms. The third kappa shape index (κ3) is 5.90. The number of likely N-dealkylation sites (tertiary alicyclic amines) is 1. The van der Waals surface area contributed by atoms with E-state index in [0.717, 1.165) is 0 Å². The van der Waals surface area contributed by atoms with E-state index in [-0.39, 0.29) is 4.90 Å². The number of nitrogens with zero attached hydrogens (tertiary/aromatic N) is 1. The molecule has 0 N–H and O–H groups in total. The van der Waals surface area contributed by atoms with Crippen molar-refractivity contribution in [2.24, 2.45) is 0 Å². The van der Waals surface area contributed by atoms with Crippen LogP contribution in [-0.4, -0.2) is 62.1 Å². The molecule has 1 fully saturated rings. The Hall–Kier alpha value is -1.79. The average Bonchev–Trinajstić information content (AvgIpc) is 2.77. The molecule has 0 bridgehead atoms. The number of carbonyl (C=O) groups excluding carboxylic acids is 3. The van der Waals surface area contributed by atoms with Crippen molar-refractivity contribution in [3.05, 3.63) is 0 Å². The minimum atomic E-state index is -5.35. The highest BCUT2D eigenvalue weighted by atomic mass is 28.4. The lowest BCUT2D eigenvalue weighted by Gasteiger charge is -2.26. The van der Waals surface area contributed by atoms with Crippen molar-refractivity contribution >= 4 is 26.2 Å². The lowest BCUT2D eigenvalue weighted by atomic mass is 10.2. The van der Waals surface area contributed by atoms with Gasteiger partial charge in [-0.15, -0.1) is 0 Å². The maximum absolute atomic E-state index is 12.6. The first kappa shape index (κ1) is 21.2. The highest BCUT2D eigenvalue weighted by molar-refractivity contribution is 6.71. The Kier molecular flexibility index (Phi) is 5.82. The average molecular weight is 395 g/mol. The summed E-state index contributed by atoms with van der Waals surface area (Å²) in [7, 11) is -2.54. The highest BCUT2D eigenvalue weighted by Crippen LogP contribution is 2.30. The second-order valence-corrected chi connectivity index (χ2v) is 10.7. The first-order valence-electron chi connectivity index (χ1n) is 6.91. The second kappa shape index (κ2) is 6.84. The molecule has 0 radical (unpaired) electrons. The Morgan fingerprint density at radius 3 is 1.92 bits per heavy atom. The van der Waals surface area contributed by atoms with Crippen LogP contribution < -0.4 is 0 Å². The number of esters is 1. The van der Waals surface area contributed by atoms with Crippen molar-refractivity contribution in [3.63, 3.8) is 0 Å². The van der Waals surface area contributed by atoms with Crippen LogP contribution in [0, 0.1) is 0 Å². The molecule has 0 aromatic heterocycles. The number of hydrogen-bond acceptors (Lipinski definition) is 5. The van der Waals surface area contributed by atoms with Crippen LogP contribution in [0.4, 0.5) is 26.3 Å². The van der Waals surface area contributed by atoms with Crippen LogP contribution in [-0.2, 0) is 23.5 Å². The predicted octanol–water partition coefficient (Wildman–Crippen LogP) is 2.00. The van der Waals surface area contributed by atoms with Crippen molar-refractivity contribution < 1.29 is 49.9 Å². The van der Waals surface area contributed by atoms with Gasteiger partial charge >= 0.3 is 30.2 Å². The van der Waals surface area contributed by atoms with Crippen LogP contribution in [0.5, 0.6) is 0 Å². The van der Waals surface area contributed by atoms with Crippen molar-refractivity contribution in [2.45, 2.75) is 50.6 Å². The molecule has 13 heteroatoms. The maximum atomic E-state index is 12.6. The van der Waals surface area contributed by atoms with Gasteiger partial charge in [-0.3, -0.25) is 9.59 Å². The third-order valence-electron chi connectivity index (χ3n) is 2.95. The summed E-state index contributed by atoms with van der Waals surface area (Å²) < 4.78 is 83.6. The minimum Gasteiger partial charge on any atom is -0.518 e. The van der Waals surface area contributed by atoms with Gasteiger partial charge in [-0.25, -0.2) is 4.79 Å². The molecule has 0 aromatic carbocycles. The lowest BCUT2D eigenvalue weighted by molar-refractivity contribution is -0.204. The Balaban J connectivity index is 2.99. The van der Waals surface area contributed by atoms with Gasteiger partial charge < -0.3 is 14.1 Å². The zero-order valence-corrected chi connectivity index (χ0v) is 14.3. The molecule has 1 aliphatic heterocycles. The summed E-state index contributed by atoms with van der Waals surface area (Å²) in [6.45, 7) is 3.66. The van der Waals surface area contributed by atoms with Crippen LogP contribution in [0.25, 0.3) is 0 Å². The summed E-state index contributed by atoms with van der Waals surface area (Å²) >= 11 is 0. The van der Waals surface area contributed by atoms with Crippen LogP contribution in [0.15, 0.2) is 0 Å². The predicted molar refractivity (Wildman–Crippen MR) is 71.5 cm³/mol. The van der Waals surface area contributed by atoms with E-state index in [1.807, 2.05) is 0 Å². The van der Waals surface area contributed by atoms with E-state index in [2.05, 4.69) is 4.74 Å². The molecule has 1 saturated heterocycles. The number of amides is 1. The maximum Gasteiger partial charge on any atom is 0.490 e. The summed E-state index contributed by atoms with van der Waals surface area (Å²) in [5.74, 6) is -6.21. The summed E-state index contributed by atoms with van der Waals surface area (Å²) in [5, 5.41) is 0. The lowest BCUT2D eigenvalue weighted by Crippen LogP contribution is -2.49. The molecule has 1 amide bonds. The standard InChI is InChI=1S/C12H15F6NO5Si/c1-25(2,3)24-8(20)7-4-6(23-10(22)12(16,17)18)5-19(7)9(21)11(13,14)15/h6-7H,4-5H2,1-3H3/t6-,7+/m1/s1. The summed E-state index contributed by atoms with van der Waals surface area (Å²) in [5.41, 5.74) is 0. The van der Waals surface area contributed by atoms with Crippen molar-refractivity contribution in [1.82, 2.24) is 4.90 Å². The molecule has 144 valence electrons. The van der Waals surface area contributed by atoms with Gasteiger partial charge in [0, 0.05) is 6.42 Å². The molecule has 1 heterocycles. The van der Waals surface area contributed by atoms with Gasteiger partial charge in [0.2, 0.25) is 8.32 Å². The van der Waals surface area contributed by atoms with E-state index in [9.17, 15) is 40.7 Å². The van der Waals surface area contributed by atoms with Crippen LogP contribution in [0.3, 0.4) is 0 Å². The van der Waals surface area contributed by atoms with E-state index < -0.39 is 63.6 Å². The van der Waals surface area contributed by atoms with Gasteiger partial charge in [-0.05, 0) is 19.6 Å². The zero-order chi connectivity index (χ0) is 19.8. The van der Waals surface area contributed by atoms with E-state index in [0.29, 0.717) is 0 Å². The summed E-state index contributed by atoms with van der Waals surface area (Å²) in [6.07, 6.45) is -13.1. The molecule has 0 saturated carbocycles. The first-order valence-corrected chi connectivity index (χ1v) is 10.3. The van der Waals surface area contributed by atoms with Crippen molar-refractivity contribution in [2.75, 3.05) is 6.54 Å². The zero-order valence-electron chi connectivity index (χ0n) is 13.3. The number of hydrogen-bond donors (Lipinski definition) is 0. The number of alkyl halides is 6. The van der Waals surface area contributed by atoms with Gasteiger partial charge in [0.05, 0.1) is 6.54 Å².